The Kier molecular flexibility index (Phi) is 5.62. The number of ether oxygens (including phenoxy) is 1. The molecule has 1 aliphatic carbocycles. The predicted molar refractivity (Wildman–Crippen MR) is 57.3 cm³/mol. The van der Waals surface area contributed by atoms with Crippen molar-refractivity contribution in [2.75, 3.05) is 26.8 Å². The summed E-state index contributed by atoms with van der Waals surface area (Å²) in [7, 11) is 1.67. The van der Waals surface area contributed by atoms with Gasteiger partial charge in [-0.15, -0.1) is 0 Å². The molecule has 1 rings (SSSR count). The maximum Gasteiger partial charge on any atom is 0.0695 e. The highest BCUT2D eigenvalue weighted by molar-refractivity contribution is 4.86. The van der Waals surface area contributed by atoms with E-state index in [1.165, 1.54) is 0 Å². The average Bonchev–Trinajstić information content (AvgIpc) is 2.65. The monoisotopic (exact) mass is 212 g/mol. The van der Waals surface area contributed by atoms with Gasteiger partial charge in [0, 0.05) is 32.7 Å². The quantitative estimate of drug-likeness (QED) is 0.706. The van der Waals surface area contributed by atoms with Crippen molar-refractivity contribution in [3.63, 3.8) is 0 Å². The van der Waals surface area contributed by atoms with Crippen molar-refractivity contribution in [1.29, 1.82) is 5.26 Å². The summed E-state index contributed by atoms with van der Waals surface area (Å²) in [5.74, 6) is 0. The lowest BCUT2D eigenvalue weighted by Crippen LogP contribution is -2.42. The Morgan fingerprint density at radius 2 is 2.27 bits per heavy atom. The van der Waals surface area contributed by atoms with Crippen molar-refractivity contribution < 1.29 is 9.84 Å². The Bertz CT molecular complexity index is 215. The highest BCUT2D eigenvalue weighted by Gasteiger charge is 2.29. The minimum Gasteiger partial charge on any atom is -0.391 e. The summed E-state index contributed by atoms with van der Waals surface area (Å²) in [6.45, 7) is 2.20. The molecule has 0 heterocycles. The van der Waals surface area contributed by atoms with Crippen molar-refractivity contribution in [3.8, 4) is 6.07 Å². The van der Waals surface area contributed by atoms with Crippen LogP contribution in [0.1, 0.15) is 25.7 Å². The molecule has 1 aliphatic rings. The first-order chi connectivity index (χ1) is 7.29. The third kappa shape index (κ3) is 3.78. The molecule has 0 aliphatic heterocycles. The van der Waals surface area contributed by atoms with Crippen molar-refractivity contribution in [3.05, 3.63) is 0 Å². The fourth-order valence-corrected chi connectivity index (χ4v) is 2.19. The van der Waals surface area contributed by atoms with Gasteiger partial charge in [-0.3, -0.25) is 4.90 Å². The van der Waals surface area contributed by atoms with E-state index in [-0.39, 0.29) is 12.1 Å². The molecule has 0 spiro atoms. The van der Waals surface area contributed by atoms with E-state index in [0.29, 0.717) is 13.0 Å². The van der Waals surface area contributed by atoms with Crippen LogP contribution < -0.4 is 0 Å². The molecule has 0 radical (unpaired) electrons. The van der Waals surface area contributed by atoms with Gasteiger partial charge in [-0.25, -0.2) is 0 Å². The molecular formula is C11H20N2O2. The van der Waals surface area contributed by atoms with Crippen molar-refractivity contribution >= 4 is 0 Å². The van der Waals surface area contributed by atoms with Crippen LogP contribution in [0.3, 0.4) is 0 Å². The molecule has 0 aromatic rings. The van der Waals surface area contributed by atoms with Crippen LogP contribution in [0.25, 0.3) is 0 Å². The predicted octanol–water partition coefficient (Wildman–Crippen LogP) is 0.762. The summed E-state index contributed by atoms with van der Waals surface area (Å²) in [5.41, 5.74) is 0. The summed E-state index contributed by atoms with van der Waals surface area (Å²) in [4.78, 5) is 2.18. The fourth-order valence-electron chi connectivity index (χ4n) is 2.19. The standard InChI is InChI=1S/C11H20N2O2/c1-15-9-8-13(7-3-6-12)10-4-2-5-11(10)14/h10-11,14H,2-5,7-9H2,1H3/t10-,11-/m1/s1. The van der Waals surface area contributed by atoms with E-state index >= 15 is 0 Å². The summed E-state index contributed by atoms with van der Waals surface area (Å²) >= 11 is 0. The zero-order valence-electron chi connectivity index (χ0n) is 9.35. The second-order valence-corrected chi connectivity index (χ2v) is 4.00. The van der Waals surface area contributed by atoms with Crippen LogP contribution in [0.4, 0.5) is 0 Å². The van der Waals surface area contributed by atoms with E-state index in [4.69, 9.17) is 10.00 Å². The van der Waals surface area contributed by atoms with Gasteiger partial charge in [0.2, 0.25) is 0 Å². The van der Waals surface area contributed by atoms with Crippen LogP contribution in [0.5, 0.6) is 0 Å². The summed E-state index contributed by atoms with van der Waals surface area (Å²) in [5, 5.41) is 18.4. The SMILES string of the molecule is COCCN(CCC#N)[C@@H]1CCC[C@H]1O. The lowest BCUT2D eigenvalue weighted by molar-refractivity contribution is 0.0533. The molecule has 0 unspecified atom stereocenters. The molecule has 0 saturated heterocycles. The van der Waals surface area contributed by atoms with Gasteiger partial charge in [0.1, 0.15) is 0 Å². The first kappa shape index (κ1) is 12.4. The molecule has 0 aromatic heterocycles. The smallest absolute Gasteiger partial charge is 0.0695 e. The van der Waals surface area contributed by atoms with Gasteiger partial charge in [-0.2, -0.15) is 5.26 Å². The van der Waals surface area contributed by atoms with E-state index in [9.17, 15) is 5.11 Å². The van der Waals surface area contributed by atoms with Gasteiger partial charge in [-0.1, -0.05) is 0 Å². The molecule has 0 bridgehead atoms. The lowest BCUT2D eigenvalue weighted by atomic mass is 10.1. The Morgan fingerprint density at radius 1 is 1.47 bits per heavy atom. The topological polar surface area (TPSA) is 56.5 Å². The van der Waals surface area contributed by atoms with Crippen LogP contribution in [0, 0.1) is 11.3 Å². The van der Waals surface area contributed by atoms with Crippen LogP contribution in [0.2, 0.25) is 0 Å². The molecule has 2 atom stereocenters. The van der Waals surface area contributed by atoms with Crippen LogP contribution in [0.15, 0.2) is 0 Å². The molecule has 15 heavy (non-hydrogen) atoms. The van der Waals surface area contributed by atoms with Gasteiger partial charge in [0.25, 0.3) is 0 Å². The zero-order valence-corrected chi connectivity index (χ0v) is 9.35. The number of aliphatic hydroxyl groups is 1. The first-order valence-electron chi connectivity index (χ1n) is 5.57. The second-order valence-electron chi connectivity index (χ2n) is 4.00. The van der Waals surface area contributed by atoms with E-state index in [1.54, 1.807) is 7.11 Å². The number of rotatable bonds is 6. The summed E-state index contributed by atoms with van der Waals surface area (Å²) in [6, 6.07) is 2.38. The van der Waals surface area contributed by atoms with Crippen molar-refractivity contribution in [2.24, 2.45) is 0 Å². The lowest BCUT2D eigenvalue weighted by Gasteiger charge is -2.30. The van der Waals surface area contributed by atoms with E-state index in [2.05, 4.69) is 11.0 Å². The number of nitriles is 1. The molecule has 4 nitrogen and oxygen atoms in total. The number of methoxy groups -OCH3 is 1. The van der Waals surface area contributed by atoms with Gasteiger partial charge < -0.3 is 9.84 Å². The van der Waals surface area contributed by atoms with Crippen LogP contribution >= 0.6 is 0 Å². The van der Waals surface area contributed by atoms with E-state index in [1.807, 2.05) is 0 Å². The molecule has 1 fully saturated rings. The van der Waals surface area contributed by atoms with Gasteiger partial charge in [-0.05, 0) is 19.3 Å². The molecule has 86 valence electrons. The molecule has 1 N–H and O–H groups in total. The van der Waals surface area contributed by atoms with E-state index in [0.717, 1.165) is 32.4 Å². The third-order valence-corrected chi connectivity index (χ3v) is 3.01. The normalized spacial score (nSPS) is 25.7. The maximum atomic E-state index is 9.79. The van der Waals surface area contributed by atoms with Gasteiger partial charge in [0.15, 0.2) is 0 Å². The zero-order chi connectivity index (χ0) is 11.1. The Labute approximate surface area is 91.4 Å². The largest absolute Gasteiger partial charge is 0.391 e. The molecule has 4 heteroatoms. The highest BCUT2D eigenvalue weighted by Crippen LogP contribution is 2.24. The Hall–Kier alpha value is -0.630. The highest BCUT2D eigenvalue weighted by atomic mass is 16.5. The summed E-state index contributed by atoms with van der Waals surface area (Å²) < 4.78 is 5.04. The minimum absolute atomic E-state index is 0.222. The minimum atomic E-state index is -0.222. The van der Waals surface area contributed by atoms with E-state index < -0.39 is 0 Å². The third-order valence-electron chi connectivity index (χ3n) is 3.01. The number of nitrogens with zero attached hydrogens (tertiary/aromatic N) is 2. The molecule has 0 amide bonds. The number of aliphatic hydroxyl groups excluding tert-OH is 1. The second kappa shape index (κ2) is 6.78. The van der Waals surface area contributed by atoms with Gasteiger partial charge in [0.05, 0.1) is 18.8 Å². The molecule has 0 aromatic carbocycles. The summed E-state index contributed by atoms with van der Waals surface area (Å²) in [6.07, 6.45) is 3.31. The van der Waals surface area contributed by atoms with Crippen LogP contribution in [-0.2, 0) is 4.74 Å². The molecule has 1 saturated carbocycles. The maximum absolute atomic E-state index is 9.79. The average molecular weight is 212 g/mol. The number of hydrogen-bond acceptors (Lipinski definition) is 4. The van der Waals surface area contributed by atoms with Crippen LogP contribution in [-0.4, -0.2) is 49.0 Å². The van der Waals surface area contributed by atoms with Crippen molar-refractivity contribution in [1.82, 2.24) is 4.90 Å². The molecular weight excluding hydrogens is 192 g/mol. The fraction of sp³-hybridized carbons (Fsp3) is 0.909. The van der Waals surface area contributed by atoms with Gasteiger partial charge >= 0.3 is 0 Å². The Balaban J connectivity index is 2.42. The number of hydrogen-bond donors (Lipinski definition) is 1. The van der Waals surface area contributed by atoms with Crippen molar-refractivity contribution in [2.45, 2.75) is 37.8 Å². The first-order valence-corrected chi connectivity index (χ1v) is 5.57. The Morgan fingerprint density at radius 3 is 2.80 bits per heavy atom.